The van der Waals surface area contributed by atoms with Crippen LogP contribution in [0.5, 0.6) is 5.75 Å². The Bertz CT molecular complexity index is 570. The number of aliphatic hydroxyl groups is 1. The summed E-state index contributed by atoms with van der Waals surface area (Å²) in [6, 6.07) is 13.9. The minimum Gasteiger partial charge on any atom is -0.488 e. The molecule has 0 amide bonds. The quantitative estimate of drug-likeness (QED) is 0.801. The second-order valence-corrected chi connectivity index (χ2v) is 5.66. The predicted octanol–water partition coefficient (Wildman–Crippen LogP) is 3.63. The highest BCUT2D eigenvalue weighted by Gasteiger charge is 2.03. The van der Waals surface area contributed by atoms with E-state index < -0.39 is 0 Å². The van der Waals surface area contributed by atoms with E-state index in [2.05, 4.69) is 40.3 Å². The number of halogens is 1. The first-order valence-corrected chi connectivity index (χ1v) is 7.83. The molecule has 0 aliphatic heterocycles. The van der Waals surface area contributed by atoms with Gasteiger partial charge in [-0.3, -0.25) is 0 Å². The molecule has 2 aromatic rings. The van der Waals surface area contributed by atoms with Crippen LogP contribution in [-0.2, 0) is 19.8 Å². The Kier molecular flexibility index (Phi) is 6.23. The molecule has 0 aliphatic rings. The number of hydrogen-bond donors (Lipinski definition) is 2. The number of nitrogens with one attached hydrogen (secondary N) is 1. The lowest BCUT2D eigenvalue weighted by molar-refractivity contribution is 0.281. The van der Waals surface area contributed by atoms with E-state index in [1.165, 1.54) is 5.56 Å². The molecule has 0 atom stereocenters. The van der Waals surface area contributed by atoms with Gasteiger partial charge in [0.2, 0.25) is 0 Å². The number of hydrogen-bond acceptors (Lipinski definition) is 3. The van der Waals surface area contributed by atoms with Gasteiger partial charge in [0, 0.05) is 6.54 Å². The zero-order valence-electron chi connectivity index (χ0n) is 12.1. The largest absolute Gasteiger partial charge is 0.488 e. The standard InChI is InChI=1S/C17H20BrNO2/c1-2-19-10-15-7-8-17(16(18)9-15)21-12-14-5-3-13(11-20)4-6-14/h3-9,19-20H,2,10-12H2,1H3. The van der Waals surface area contributed by atoms with Crippen LogP contribution in [-0.4, -0.2) is 11.7 Å². The minimum atomic E-state index is 0.0694. The van der Waals surface area contributed by atoms with Gasteiger partial charge in [-0.25, -0.2) is 0 Å². The molecular formula is C17H20BrNO2. The molecule has 4 heteroatoms. The van der Waals surface area contributed by atoms with Crippen molar-refractivity contribution in [3.8, 4) is 5.75 Å². The molecule has 0 spiro atoms. The smallest absolute Gasteiger partial charge is 0.134 e. The van der Waals surface area contributed by atoms with Crippen molar-refractivity contribution < 1.29 is 9.84 Å². The second kappa shape index (κ2) is 8.17. The Hall–Kier alpha value is -1.36. The highest BCUT2D eigenvalue weighted by molar-refractivity contribution is 9.10. The van der Waals surface area contributed by atoms with E-state index in [0.717, 1.165) is 34.4 Å². The lowest BCUT2D eigenvalue weighted by atomic mass is 10.1. The highest BCUT2D eigenvalue weighted by atomic mass is 79.9. The number of ether oxygens (including phenoxy) is 1. The van der Waals surface area contributed by atoms with Gasteiger partial charge in [0.15, 0.2) is 0 Å². The predicted molar refractivity (Wildman–Crippen MR) is 88.2 cm³/mol. The summed E-state index contributed by atoms with van der Waals surface area (Å²) in [4.78, 5) is 0. The number of aliphatic hydroxyl groups excluding tert-OH is 1. The Morgan fingerprint density at radius 3 is 2.33 bits per heavy atom. The van der Waals surface area contributed by atoms with Crippen molar-refractivity contribution in [3.63, 3.8) is 0 Å². The Balaban J connectivity index is 1.95. The van der Waals surface area contributed by atoms with Gasteiger partial charge >= 0.3 is 0 Å². The summed E-state index contributed by atoms with van der Waals surface area (Å²) < 4.78 is 6.79. The lowest BCUT2D eigenvalue weighted by Gasteiger charge is -2.10. The maximum atomic E-state index is 9.02. The fourth-order valence-corrected chi connectivity index (χ4v) is 2.48. The molecule has 0 aromatic heterocycles. The van der Waals surface area contributed by atoms with E-state index in [1.807, 2.05) is 30.3 Å². The fraction of sp³-hybridized carbons (Fsp3) is 0.294. The average Bonchev–Trinajstić information content (AvgIpc) is 2.52. The van der Waals surface area contributed by atoms with Crippen molar-refractivity contribution in [2.75, 3.05) is 6.54 Å². The van der Waals surface area contributed by atoms with Crippen LogP contribution in [0.3, 0.4) is 0 Å². The zero-order valence-corrected chi connectivity index (χ0v) is 13.7. The molecule has 0 saturated carbocycles. The van der Waals surface area contributed by atoms with Gasteiger partial charge in [0.25, 0.3) is 0 Å². The topological polar surface area (TPSA) is 41.5 Å². The summed E-state index contributed by atoms with van der Waals surface area (Å²) in [7, 11) is 0. The van der Waals surface area contributed by atoms with Crippen LogP contribution in [0.4, 0.5) is 0 Å². The monoisotopic (exact) mass is 349 g/mol. The maximum absolute atomic E-state index is 9.02. The molecule has 112 valence electrons. The summed E-state index contributed by atoms with van der Waals surface area (Å²) in [5.74, 6) is 0.835. The zero-order chi connectivity index (χ0) is 15.1. The van der Waals surface area contributed by atoms with E-state index in [0.29, 0.717) is 6.61 Å². The van der Waals surface area contributed by atoms with E-state index in [9.17, 15) is 0 Å². The third-order valence-corrected chi connectivity index (χ3v) is 3.80. The van der Waals surface area contributed by atoms with Crippen LogP contribution in [0.1, 0.15) is 23.6 Å². The van der Waals surface area contributed by atoms with E-state index >= 15 is 0 Å². The van der Waals surface area contributed by atoms with Crippen molar-refractivity contribution in [1.82, 2.24) is 5.32 Å². The summed E-state index contributed by atoms with van der Waals surface area (Å²) in [5.41, 5.74) is 3.21. The normalized spacial score (nSPS) is 10.6. The summed E-state index contributed by atoms with van der Waals surface area (Å²) >= 11 is 3.55. The first kappa shape index (κ1) is 16.0. The minimum absolute atomic E-state index is 0.0694. The molecule has 0 aliphatic carbocycles. The molecule has 0 heterocycles. The van der Waals surface area contributed by atoms with Crippen molar-refractivity contribution >= 4 is 15.9 Å². The van der Waals surface area contributed by atoms with Crippen molar-refractivity contribution in [3.05, 3.63) is 63.6 Å². The van der Waals surface area contributed by atoms with Crippen LogP contribution in [0.15, 0.2) is 46.9 Å². The van der Waals surface area contributed by atoms with E-state index in [4.69, 9.17) is 9.84 Å². The van der Waals surface area contributed by atoms with Crippen LogP contribution in [0.2, 0.25) is 0 Å². The van der Waals surface area contributed by atoms with Crippen LogP contribution in [0.25, 0.3) is 0 Å². The van der Waals surface area contributed by atoms with E-state index in [1.54, 1.807) is 0 Å². The molecule has 0 fully saturated rings. The third-order valence-electron chi connectivity index (χ3n) is 3.18. The summed E-state index contributed by atoms with van der Waals surface area (Å²) in [6.07, 6.45) is 0. The second-order valence-electron chi connectivity index (χ2n) is 4.81. The Labute approximate surface area is 134 Å². The van der Waals surface area contributed by atoms with Crippen LogP contribution >= 0.6 is 15.9 Å². The fourth-order valence-electron chi connectivity index (χ4n) is 1.94. The maximum Gasteiger partial charge on any atom is 0.134 e. The first-order chi connectivity index (χ1) is 10.2. The van der Waals surface area contributed by atoms with Gasteiger partial charge in [-0.05, 0) is 51.3 Å². The molecule has 0 bridgehead atoms. The summed E-state index contributed by atoms with van der Waals surface area (Å²) in [6.45, 7) is 4.49. The van der Waals surface area contributed by atoms with Gasteiger partial charge < -0.3 is 15.2 Å². The van der Waals surface area contributed by atoms with Crippen molar-refractivity contribution in [2.45, 2.75) is 26.7 Å². The molecule has 2 rings (SSSR count). The molecule has 21 heavy (non-hydrogen) atoms. The Morgan fingerprint density at radius 2 is 1.71 bits per heavy atom. The first-order valence-electron chi connectivity index (χ1n) is 7.03. The molecular weight excluding hydrogens is 330 g/mol. The molecule has 2 N–H and O–H groups in total. The van der Waals surface area contributed by atoms with Gasteiger partial charge in [-0.1, -0.05) is 37.3 Å². The van der Waals surface area contributed by atoms with Crippen LogP contribution in [0, 0.1) is 0 Å². The van der Waals surface area contributed by atoms with Gasteiger partial charge in [0.05, 0.1) is 11.1 Å². The van der Waals surface area contributed by atoms with Gasteiger partial charge in [0.1, 0.15) is 12.4 Å². The molecule has 0 unspecified atom stereocenters. The SMILES string of the molecule is CCNCc1ccc(OCc2ccc(CO)cc2)c(Br)c1. The van der Waals surface area contributed by atoms with Crippen molar-refractivity contribution in [2.24, 2.45) is 0 Å². The lowest BCUT2D eigenvalue weighted by Crippen LogP contribution is -2.11. The number of benzene rings is 2. The van der Waals surface area contributed by atoms with Crippen molar-refractivity contribution in [1.29, 1.82) is 0 Å². The third kappa shape index (κ3) is 4.84. The molecule has 0 saturated heterocycles. The number of rotatable bonds is 7. The Morgan fingerprint density at radius 1 is 1.05 bits per heavy atom. The molecule has 0 radical (unpaired) electrons. The molecule has 2 aromatic carbocycles. The van der Waals surface area contributed by atoms with Gasteiger partial charge in [-0.15, -0.1) is 0 Å². The highest BCUT2D eigenvalue weighted by Crippen LogP contribution is 2.26. The average molecular weight is 350 g/mol. The van der Waals surface area contributed by atoms with E-state index in [-0.39, 0.29) is 6.61 Å². The van der Waals surface area contributed by atoms with Gasteiger partial charge in [-0.2, -0.15) is 0 Å². The molecule has 3 nitrogen and oxygen atoms in total. The van der Waals surface area contributed by atoms with Crippen LogP contribution < -0.4 is 10.1 Å². The summed E-state index contributed by atoms with van der Waals surface area (Å²) in [5, 5.41) is 12.3.